The molecule has 3 rings (SSSR count). The minimum absolute atomic E-state index is 0. The summed E-state index contributed by atoms with van der Waals surface area (Å²) in [6.45, 7) is 2.06. The van der Waals surface area contributed by atoms with E-state index in [0.717, 1.165) is 11.3 Å². The van der Waals surface area contributed by atoms with Crippen LogP contribution in [0.4, 0.5) is 0 Å². The number of rotatable bonds is 6. The van der Waals surface area contributed by atoms with Crippen LogP contribution in [0, 0.1) is 0 Å². The van der Waals surface area contributed by atoms with E-state index in [1.807, 2.05) is 38.4 Å². The highest BCUT2D eigenvalue weighted by atomic mass is 35.5. The first-order chi connectivity index (χ1) is 12.0. The number of carbonyl (C=O) groups is 1. The predicted octanol–water partition coefficient (Wildman–Crippen LogP) is 2.34. The predicted molar refractivity (Wildman–Crippen MR) is 99.6 cm³/mol. The summed E-state index contributed by atoms with van der Waals surface area (Å²) in [4.78, 5) is 18.6. The molecule has 1 aliphatic heterocycles. The third-order valence-corrected chi connectivity index (χ3v) is 4.83. The van der Waals surface area contributed by atoms with Crippen LogP contribution >= 0.6 is 12.4 Å². The van der Waals surface area contributed by atoms with Crippen molar-refractivity contribution in [2.24, 2.45) is 0 Å². The molecule has 0 radical (unpaired) electrons. The molecule has 0 spiro atoms. The van der Waals surface area contributed by atoms with Crippen LogP contribution in [0.3, 0.4) is 0 Å². The molecule has 2 aromatic rings. The second-order valence-electron chi connectivity index (χ2n) is 6.48. The Balaban J connectivity index is 0.00000243. The van der Waals surface area contributed by atoms with Crippen molar-refractivity contribution in [1.82, 2.24) is 20.4 Å². The summed E-state index contributed by atoms with van der Waals surface area (Å²) in [5, 5.41) is 7.23. The zero-order valence-electron chi connectivity index (χ0n) is 15.4. The lowest BCUT2D eigenvalue weighted by molar-refractivity contribution is -0.127. The number of hydrogen-bond acceptors (Lipinski definition) is 6. The van der Waals surface area contributed by atoms with Gasteiger partial charge in [-0.15, -0.1) is 12.4 Å². The van der Waals surface area contributed by atoms with Crippen LogP contribution in [0.5, 0.6) is 5.75 Å². The van der Waals surface area contributed by atoms with E-state index in [4.69, 9.17) is 9.26 Å². The van der Waals surface area contributed by atoms with E-state index >= 15 is 0 Å². The fourth-order valence-corrected chi connectivity index (χ4v) is 3.23. The van der Waals surface area contributed by atoms with Crippen molar-refractivity contribution in [3.05, 3.63) is 41.5 Å². The number of likely N-dealkylation sites (N-methyl/N-ethyl adjacent to an activating group) is 2. The van der Waals surface area contributed by atoms with Crippen molar-refractivity contribution < 1.29 is 14.1 Å². The Morgan fingerprint density at radius 2 is 2.08 bits per heavy atom. The molecule has 1 aromatic carbocycles. The van der Waals surface area contributed by atoms with Gasteiger partial charge in [0.25, 0.3) is 0 Å². The average molecular weight is 381 g/mol. The summed E-state index contributed by atoms with van der Waals surface area (Å²) >= 11 is 0. The monoisotopic (exact) mass is 380 g/mol. The zero-order chi connectivity index (χ0) is 18.0. The number of amides is 1. The second kappa shape index (κ2) is 8.51. The molecule has 3 unspecified atom stereocenters. The molecular weight excluding hydrogens is 356 g/mol. The molecule has 1 saturated heterocycles. The molecule has 1 aliphatic rings. The standard InChI is InChI=1S/C18H24N4O3.ClH/c1-11(19-2)9-15-20-18(25-21-15)14-10-16(23)22(3)17(14)12-5-7-13(24-4)8-6-12;/h5-8,11,14,17,19H,9-10H2,1-4H3;1H. The van der Waals surface area contributed by atoms with Gasteiger partial charge in [0.15, 0.2) is 5.82 Å². The lowest BCUT2D eigenvalue weighted by Gasteiger charge is -2.23. The third kappa shape index (κ3) is 3.99. The average Bonchev–Trinajstić information content (AvgIpc) is 3.20. The largest absolute Gasteiger partial charge is 0.497 e. The second-order valence-corrected chi connectivity index (χ2v) is 6.48. The zero-order valence-corrected chi connectivity index (χ0v) is 16.2. The van der Waals surface area contributed by atoms with Crippen LogP contribution in [0.1, 0.15) is 42.6 Å². The SMILES string of the molecule is CNC(C)Cc1noc(C2CC(=O)N(C)C2c2ccc(OC)cc2)n1.Cl. The van der Waals surface area contributed by atoms with Crippen molar-refractivity contribution in [1.29, 1.82) is 0 Å². The number of halogens is 1. The number of carbonyl (C=O) groups excluding carboxylic acids is 1. The van der Waals surface area contributed by atoms with Crippen molar-refractivity contribution in [3.8, 4) is 5.75 Å². The van der Waals surface area contributed by atoms with Crippen molar-refractivity contribution in [2.45, 2.75) is 37.8 Å². The number of nitrogens with zero attached hydrogens (tertiary/aromatic N) is 3. The summed E-state index contributed by atoms with van der Waals surface area (Å²) in [5.74, 6) is 1.91. The summed E-state index contributed by atoms with van der Waals surface area (Å²) in [7, 11) is 5.35. The van der Waals surface area contributed by atoms with Gasteiger partial charge in [0.05, 0.1) is 19.1 Å². The Kier molecular flexibility index (Phi) is 6.61. The molecule has 7 nitrogen and oxygen atoms in total. The minimum atomic E-state index is -0.142. The lowest BCUT2D eigenvalue weighted by atomic mass is 9.93. The number of aromatic nitrogens is 2. The van der Waals surface area contributed by atoms with Gasteiger partial charge in [0.2, 0.25) is 11.8 Å². The first-order valence-electron chi connectivity index (χ1n) is 8.42. The molecule has 3 atom stereocenters. The normalized spacial score (nSPS) is 20.8. The van der Waals surface area contributed by atoms with E-state index < -0.39 is 0 Å². The maximum Gasteiger partial charge on any atom is 0.232 e. The summed E-state index contributed by atoms with van der Waals surface area (Å²) < 4.78 is 10.7. The highest BCUT2D eigenvalue weighted by molar-refractivity contribution is 5.85. The van der Waals surface area contributed by atoms with Crippen LogP contribution in [0.2, 0.25) is 0 Å². The third-order valence-electron chi connectivity index (χ3n) is 4.83. The van der Waals surface area contributed by atoms with Gasteiger partial charge in [0.1, 0.15) is 5.75 Å². The Labute approximate surface area is 159 Å². The molecule has 1 aromatic heterocycles. The van der Waals surface area contributed by atoms with Crippen molar-refractivity contribution in [3.63, 3.8) is 0 Å². The Morgan fingerprint density at radius 1 is 1.38 bits per heavy atom. The number of ether oxygens (including phenoxy) is 1. The van der Waals surface area contributed by atoms with Crippen LogP contribution in [-0.2, 0) is 11.2 Å². The first kappa shape index (κ1) is 20.2. The molecule has 1 N–H and O–H groups in total. The van der Waals surface area contributed by atoms with Crippen molar-refractivity contribution >= 4 is 18.3 Å². The summed E-state index contributed by atoms with van der Waals surface area (Å²) in [6.07, 6.45) is 1.06. The Bertz CT molecular complexity index is 734. The highest BCUT2D eigenvalue weighted by Crippen LogP contribution is 2.43. The van der Waals surface area contributed by atoms with E-state index in [1.165, 1.54) is 0 Å². The van der Waals surface area contributed by atoms with Crippen LogP contribution in [0.25, 0.3) is 0 Å². The quantitative estimate of drug-likeness (QED) is 0.828. The van der Waals surface area contributed by atoms with E-state index in [-0.39, 0.29) is 36.3 Å². The molecule has 8 heteroatoms. The van der Waals surface area contributed by atoms with Gasteiger partial charge in [-0.25, -0.2) is 0 Å². The van der Waals surface area contributed by atoms with E-state index in [0.29, 0.717) is 24.6 Å². The topological polar surface area (TPSA) is 80.5 Å². The number of methoxy groups -OCH3 is 1. The number of nitrogens with one attached hydrogen (secondary N) is 1. The first-order valence-corrected chi connectivity index (χ1v) is 8.42. The Hall–Kier alpha value is -2.12. The maximum absolute atomic E-state index is 12.3. The van der Waals surface area contributed by atoms with Crippen LogP contribution in [0.15, 0.2) is 28.8 Å². The number of likely N-dealkylation sites (tertiary alicyclic amines) is 1. The smallest absolute Gasteiger partial charge is 0.232 e. The maximum atomic E-state index is 12.3. The number of hydrogen-bond donors (Lipinski definition) is 1. The summed E-state index contributed by atoms with van der Waals surface area (Å²) in [6, 6.07) is 7.90. The molecular formula is C18H25ClN4O3. The van der Waals surface area contributed by atoms with Gasteiger partial charge in [-0.05, 0) is 31.7 Å². The highest BCUT2D eigenvalue weighted by Gasteiger charge is 2.42. The molecule has 0 saturated carbocycles. The van der Waals surface area contributed by atoms with Gasteiger partial charge in [0, 0.05) is 25.9 Å². The minimum Gasteiger partial charge on any atom is -0.497 e. The van der Waals surface area contributed by atoms with E-state index in [1.54, 1.807) is 12.0 Å². The van der Waals surface area contributed by atoms with Crippen LogP contribution in [-0.4, -0.2) is 48.2 Å². The van der Waals surface area contributed by atoms with Gasteiger partial charge >= 0.3 is 0 Å². The fourth-order valence-electron chi connectivity index (χ4n) is 3.23. The molecule has 2 heterocycles. The summed E-state index contributed by atoms with van der Waals surface area (Å²) in [5.41, 5.74) is 1.03. The molecule has 0 aliphatic carbocycles. The van der Waals surface area contributed by atoms with Gasteiger partial charge < -0.3 is 19.5 Å². The van der Waals surface area contributed by atoms with Crippen LogP contribution < -0.4 is 10.1 Å². The molecule has 142 valence electrons. The number of benzene rings is 1. The Morgan fingerprint density at radius 3 is 2.69 bits per heavy atom. The van der Waals surface area contributed by atoms with Gasteiger partial charge in [-0.2, -0.15) is 4.98 Å². The molecule has 1 amide bonds. The van der Waals surface area contributed by atoms with E-state index in [9.17, 15) is 4.79 Å². The van der Waals surface area contributed by atoms with Gasteiger partial charge in [-0.1, -0.05) is 17.3 Å². The lowest BCUT2D eigenvalue weighted by Crippen LogP contribution is -2.24. The molecule has 1 fully saturated rings. The van der Waals surface area contributed by atoms with Crippen molar-refractivity contribution in [2.75, 3.05) is 21.2 Å². The molecule has 0 bridgehead atoms. The molecule has 26 heavy (non-hydrogen) atoms. The fraction of sp³-hybridized carbons (Fsp3) is 0.500. The van der Waals surface area contributed by atoms with Gasteiger partial charge in [-0.3, -0.25) is 4.79 Å². The van der Waals surface area contributed by atoms with E-state index in [2.05, 4.69) is 22.4 Å².